The number of aromatic nitrogens is 1. The summed E-state index contributed by atoms with van der Waals surface area (Å²) < 4.78 is 0. The molecule has 0 aliphatic heterocycles. The van der Waals surface area contributed by atoms with Crippen LogP contribution in [-0.4, -0.2) is 16.1 Å². The summed E-state index contributed by atoms with van der Waals surface area (Å²) in [7, 11) is 0. The molecule has 2 aromatic rings. The van der Waals surface area contributed by atoms with Crippen molar-refractivity contribution in [3.8, 4) is 0 Å². The molecule has 2 rings (SSSR count). The summed E-state index contributed by atoms with van der Waals surface area (Å²) in [5.74, 6) is -1.14. The fourth-order valence-corrected chi connectivity index (χ4v) is 2.16. The number of carbonyl (C=O) groups is 1. The second kappa shape index (κ2) is 4.09. The van der Waals surface area contributed by atoms with Crippen LogP contribution in [-0.2, 0) is 0 Å². The maximum atomic E-state index is 10.8. The number of hydrogen-bond donors (Lipinski definition) is 1. The number of fused-ring (bicyclic) bond motifs is 1. The molecule has 1 aromatic carbocycles. The van der Waals surface area contributed by atoms with Crippen molar-refractivity contribution < 1.29 is 9.90 Å². The molecule has 0 aliphatic carbocycles. The molecule has 1 heterocycles. The van der Waals surface area contributed by atoms with Gasteiger partial charge in [0.05, 0.1) is 21.1 Å². The quantitative estimate of drug-likeness (QED) is 0.859. The van der Waals surface area contributed by atoms with Gasteiger partial charge in [-0.15, -0.1) is 0 Å². The number of benzene rings is 1. The SMILES string of the molecule is O=C(O)c1cnc2c(Cl)cc(Cl)cc2c1Cl. The normalized spacial score (nSPS) is 10.7. The Kier molecular flexibility index (Phi) is 2.93. The van der Waals surface area contributed by atoms with Gasteiger partial charge in [0.15, 0.2) is 0 Å². The van der Waals surface area contributed by atoms with Gasteiger partial charge in [0.2, 0.25) is 0 Å². The van der Waals surface area contributed by atoms with E-state index >= 15 is 0 Å². The van der Waals surface area contributed by atoms with Crippen molar-refractivity contribution in [1.29, 1.82) is 0 Å². The number of hydrogen-bond acceptors (Lipinski definition) is 2. The molecule has 0 aliphatic rings. The van der Waals surface area contributed by atoms with Crippen molar-refractivity contribution in [3.05, 3.63) is 39.0 Å². The summed E-state index contributed by atoms with van der Waals surface area (Å²) in [6.45, 7) is 0. The van der Waals surface area contributed by atoms with E-state index in [1.165, 1.54) is 18.3 Å². The summed E-state index contributed by atoms with van der Waals surface area (Å²) in [5, 5.41) is 10.1. The van der Waals surface area contributed by atoms with Gasteiger partial charge in [0.1, 0.15) is 0 Å². The van der Waals surface area contributed by atoms with E-state index in [0.717, 1.165) is 0 Å². The molecular formula is C10H4Cl3NO2. The molecule has 6 heteroatoms. The fourth-order valence-electron chi connectivity index (χ4n) is 1.34. The molecule has 3 nitrogen and oxygen atoms in total. The van der Waals surface area contributed by atoms with Gasteiger partial charge in [-0.3, -0.25) is 4.98 Å². The predicted molar refractivity (Wildman–Crippen MR) is 63.7 cm³/mol. The van der Waals surface area contributed by atoms with Gasteiger partial charge in [-0.05, 0) is 12.1 Å². The van der Waals surface area contributed by atoms with Crippen molar-refractivity contribution in [2.24, 2.45) is 0 Å². The zero-order valence-electron chi connectivity index (χ0n) is 7.67. The van der Waals surface area contributed by atoms with Crippen molar-refractivity contribution in [3.63, 3.8) is 0 Å². The van der Waals surface area contributed by atoms with Gasteiger partial charge in [0.25, 0.3) is 0 Å². The lowest BCUT2D eigenvalue weighted by molar-refractivity contribution is 0.0697. The average Bonchev–Trinajstić information content (AvgIpc) is 2.19. The Morgan fingerprint density at radius 2 is 1.94 bits per heavy atom. The van der Waals surface area contributed by atoms with Crippen LogP contribution in [0.5, 0.6) is 0 Å². The second-order valence-electron chi connectivity index (χ2n) is 3.07. The molecule has 0 spiro atoms. The van der Waals surface area contributed by atoms with Crippen LogP contribution in [0.25, 0.3) is 10.9 Å². The highest BCUT2D eigenvalue weighted by molar-refractivity contribution is 6.42. The largest absolute Gasteiger partial charge is 0.478 e. The Morgan fingerprint density at radius 3 is 2.56 bits per heavy atom. The molecule has 82 valence electrons. The molecule has 0 saturated carbocycles. The molecule has 0 bridgehead atoms. The number of aromatic carboxylic acids is 1. The highest BCUT2D eigenvalue weighted by atomic mass is 35.5. The van der Waals surface area contributed by atoms with Gasteiger partial charge in [-0.1, -0.05) is 34.8 Å². The molecule has 1 N–H and O–H groups in total. The first kappa shape index (κ1) is 11.5. The molecule has 0 fully saturated rings. The van der Waals surface area contributed by atoms with E-state index in [4.69, 9.17) is 39.9 Å². The van der Waals surface area contributed by atoms with E-state index in [2.05, 4.69) is 4.98 Å². The van der Waals surface area contributed by atoms with Crippen LogP contribution in [0.15, 0.2) is 18.3 Å². The molecule has 0 atom stereocenters. The zero-order chi connectivity index (χ0) is 11.9. The van der Waals surface area contributed by atoms with Gasteiger partial charge in [-0.25, -0.2) is 4.79 Å². The van der Waals surface area contributed by atoms with Crippen LogP contribution in [0.3, 0.4) is 0 Å². The van der Waals surface area contributed by atoms with Crippen LogP contribution < -0.4 is 0 Å². The minimum absolute atomic E-state index is 0.0764. The molecule has 0 unspecified atom stereocenters. The van der Waals surface area contributed by atoms with Gasteiger partial charge < -0.3 is 5.11 Å². The lowest BCUT2D eigenvalue weighted by atomic mass is 10.1. The summed E-state index contributed by atoms with van der Waals surface area (Å²) >= 11 is 17.7. The molecular weight excluding hydrogens is 272 g/mol. The summed E-state index contributed by atoms with van der Waals surface area (Å²) in [6.07, 6.45) is 1.17. The second-order valence-corrected chi connectivity index (χ2v) is 4.30. The van der Waals surface area contributed by atoms with E-state index in [-0.39, 0.29) is 10.6 Å². The first-order valence-corrected chi connectivity index (χ1v) is 5.30. The minimum atomic E-state index is -1.14. The van der Waals surface area contributed by atoms with Crippen LogP contribution >= 0.6 is 34.8 Å². The number of carboxylic acids is 1. The third-order valence-electron chi connectivity index (χ3n) is 2.05. The zero-order valence-corrected chi connectivity index (χ0v) is 9.94. The topological polar surface area (TPSA) is 50.2 Å². The minimum Gasteiger partial charge on any atom is -0.478 e. The first-order chi connectivity index (χ1) is 7.50. The highest BCUT2D eigenvalue weighted by Crippen LogP contribution is 2.32. The maximum absolute atomic E-state index is 10.8. The lowest BCUT2D eigenvalue weighted by Gasteiger charge is -2.05. The Hall–Kier alpha value is -1.03. The van der Waals surface area contributed by atoms with Crippen LogP contribution in [0.2, 0.25) is 15.1 Å². The molecule has 1 aromatic heterocycles. The fraction of sp³-hybridized carbons (Fsp3) is 0. The van der Waals surface area contributed by atoms with Crippen molar-refractivity contribution >= 4 is 51.7 Å². The number of rotatable bonds is 1. The van der Waals surface area contributed by atoms with Crippen LogP contribution in [0.4, 0.5) is 0 Å². The standard InChI is InChI=1S/C10H4Cl3NO2/c11-4-1-5-8(13)6(10(15)16)3-14-9(5)7(12)2-4/h1-3H,(H,15,16). The van der Waals surface area contributed by atoms with E-state index in [1.807, 2.05) is 0 Å². The van der Waals surface area contributed by atoms with Gasteiger partial charge in [0, 0.05) is 16.6 Å². The van der Waals surface area contributed by atoms with E-state index in [0.29, 0.717) is 20.9 Å². The summed E-state index contributed by atoms with van der Waals surface area (Å²) in [4.78, 5) is 14.8. The predicted octanol–water partition coefficient (Wildman–Crippen LogP) is 3.89. The maximum Gasteiger partial charge on any atom is 0.338 e. The molecule has 16 heavy (non-hydrogen) atoms. The number of nitrogens with zero attached hydrogens (tertiary/aromatic N) is 1. The van der Waals surface area contributed by atoms with Gasteiger partial charge in [-0.2, -0.15) is 0 Å². The third kappa shape index (κ3) is 1.82. The lowest BCUT2D eigenvalue weighted by Crippen LogP contribution is -1.99. The Bertz CT molecular complexity index is 598. The van der Waals surface area contributed by atoms with Crippen LogP contribution in [0, 0.1) is 0 Å². The monoisotopic (exact) mass is 275 g/mol. The van der Waals surface area contributed by atoms with Crippen molar-refractivity contribution in [1.82, 2.24) is 4.98 Å². The van der Waals surface area contributed by atoms with Crippen molar-refractivity contribution in [2.75, 3.05) is 0 Å². The Labute approximate surface area is 106 Å². The molecule has 0 amide bonds. The van der Waals surface area contributed by atoms with E-state index < -0.39 is 5.97 Å². The number of carboxylic acid groups (broad SMARTS) is 1. The first-order valence-electron chi connectivity index (χ1n) is 4.17. The van der Waals surface area contributed by atoms with Gasteiger partial charge >= 0.3 is 5.97 Å². The third-order valence-corrected chi connectivity index (χ3v) is 2.97. The highest BCUT2D eigenvalue weighted by Gasteiger charge is 2.14. The van der Waals surface area contributed by atoms with Crippen molar-refractivity contribution in [2.45, 2.75) is 0 Å². The summed E-state index contributed by atoms with van der Waals surface area (Å²) in [5.41, 5.74) is 0.355. The molecule has 0 radical (unpaired) electrons. The summed E-state index contributed by atoms with van der Waals surface area (Å²) in [6, 6.07) is 3.06. The Morgan fingerprint density at radius 1 is 1.25 bits per heavy atom. The van der Waals surface area contributed by atoms with E-state index in [1.54, 1.807) is 0 Å². The Balaban J connectivity index is 2.89. The van der Waals surface area contributed by atoms with Crippen LogP contribution in [0.1, 0.15) is 10.4 Å². The number of pyridine rings is 1. The molecule has 0 saturated heterocycles. The smallest absolute Gasteiger partial charge is 0.338 e. The van der Waals surface area contributed by atoms with E-state index in [9.17, 15) is 4.79 Å². The average molecular weight is 277 g/mol. The number of halogens is 3.